The topological polar surface area (TPSA) is 23.5 Å². The molecule has 1 heterocycles. The summed E-state index contributed by atoms with van der Waals surface area (Å²) < 4.78 is 13.1. The minimum atomic E-state index is -0.276. The van der Waals surface area contributed by atoms with Gasteiger partial charge in [0, 0.05) is 18.7 Å². The van der Waals surface area contributed by atoms with Gasteiger partial charge in [0.05, 0.1) is 0 Å². The summed E-state index contributed by atoms with van der Waals surface area (Å²) in [5, 5.41) is 9.70. The highest BCUT2D eigenvalue weighted by atomic mass is 19.1. The summed E-state index contributed by atoms with van der Waals surface area (Å²) in [6.07, 6.45) is 3.70. The molecule has 0 saturated carbocycles. The van der Waals surface area contributed by atoms with Crippen molar-refractivity contribution in [1.29, 1.82) is 0 Å². The first-order chi connectivity index (χ1) is 8.19. The van der Waals surface area contributed by atoms with E-state index in [4.69, 9.17) is 0 Å². The van der Waals surface area contributed by atoms with Gasteiger partial charge in [-0.25, -0.2) is 4.39 Å². The molecule has 3 heteroatoms. The summed E-state index contributed by atoms with van der Waals surface area (Å²) in [4.78, 5) is 2.31. The van der Waals surface area contributed by atoms with Crippen LogP contribution in [0.5, 0.6) is 5.75 Å². The first-order valence-corrected chi connectivity index (χ1v) is 6.38. The maximum Gasteiger partial charge on any atom is 0.123 e. The van der Waals surface area contributed by atoms with E-state index in [1.807, 2.05) is 0 Å². The van der Waals surface area contributed by atoms with Gasteiger partial charge < -0.3 is 5.11 Å². The average Bonchev–Trinajstić information content (AvgIpc) is 2.34. The molecule has 1 N–H and O–H groups in total. The van der Waals surface area contributed by atoms with Crippen LogP contribution in [-0.2, 0) is 6.54 Å². The van der Waals surface area contributed by atoms with E-state index in [2.05, 4.69) is 11.8 Å². The minimum absolute atomic E-state index is 0.199. The second-order valence-corrected chi connectivity index (χ2v) is 4.92. The molecule has 0 bridgehead atoms. The Kier molecular flexibility index (Phi) is 4.00. The third kappa shape index (κ3) is 3.19. The number of phenols is 1. The lowest BCUT2D eigenvalue weighted by molar-refractivity contribution is 0.163. The van der Waals surface area contributed by atoms with Crippen molar-refractivity contribution in [2.24, 2.45) is 5.92 Å². The molecule has 0 aromatic heterocycles. The number of benzene rings is 1. The number of rotatable bonds is 3. The van der Waals surface area contributed by atoms with Gasteiger partial charge >= 0.3 is 0 Å². The highest BCUT2D eigenvalue weighted by Crippen LogP contribution is 2.24. The zero-order valence-corrected chi connectivity index (χ0v) is 10.3. The molecule has 17 heavy (non-hydrogen) atoms. The Morgan fingerprint density at radius 3 is 3.06 bits per heavy atom. The SMILES string of the molecule is CCC1CCCN(Cc2cc(F)ccc2O)C1. The predicted octanol–water partition coefficient (Wildman–Crippen LogP) is 3.15. The van der Waals surface area contributed by atoms with E-state index in [0.29, 0.717) is 12.1 Å². The van der Waals surface area contributed by atoms with Crippen molar-refractivity contribution in [2.75, 3.05) is 13.1 Å². The molecule has 0 aliphatic carbocycles. The summed E-state index contributed by atoms with van der Waals surface area (Å²) in [7, 11) is 0. The van der Waals surface area contributed by atoms with E-state index in [-0.39, 0.29) is 11.6 Å². The second-order valence-electron chi connectivity index (χ2n) is 4.92. The number of likely N-dealkylation sites (tertiary alicyclic amines) is 1. The fourth-order valence-corrected chi connectivity index (χ4v) is 2.55. The number of aromatic hydroxyl groups is 1. The fraction of sp³-hybridized carbons (Fsp3) is 0.571. The van der Waals surface area contributed by atoms with Crippen LogP contribution in [0.25, 0.3) is 0 Å². The first-order valence-electron chi connectivity index (χ1n) is 6.38. The molecular weight excluding hydrogens is 217 g/mol. The van der Waals surface area contributed by atoms with Gasteiger partial charge in [-0.05, 0) is 43.5 Å². The molecule has 1 aromatic rings. The molecule has 0 amide bonds. The van der Waals surface area contributed by atoms with E-state index >= 15 is 0 Å². The number of phenolic OH excluding ortho intramolecular Hbond substituents is 1. The van der Waals surface area contributed by atoms with Crippen LogP contribution in [0.1, 0.15) is 31.7 Å². The van der Waals surface area contributed by atoms with Crippen LogP contribution in [0.4, 0.5) is 4.39 Å². The Hall–Kier alpha value is -1.09. The Morgan fingerprint density at radius 1 is 1.47 bits per heavy atom. The van der Waals surface area contributed by atoms with Crippen LogP contribution in [0.3, 0.4) is 0 Å². The monoisotopic (exact) mass is 237 g/mol. The summed E-state index contributed by atoms with van der Waals surface area (Å²) in [6.45, 7) is 4.98. The number of nitrogens with zero attached hydrogens (tertiary/aromatic N) is 1. The Labute approximate surface area is 102 Å². The standard InChI is InChI=1S/C14H20FNO/c1-2-11-4-3-7-16(9-11)10-12-8-13(15)5-6-14(12)17/h5-6,8,11,17H,2-4,7,9-10H2,1H3. The summed E-state index contributed by atoms with van der Waals surface area (Å²) >= 11 is 0. The zero-order chi connectivity index (χ0) is 12.3. The maximum atomic E-state index is 13.1. The molecule has 94 valence electrons. The van der Waals surface area contributed by atoms with Crippen LogP contribution in [-0.4, -0.2) is 23.1 Å². The van der Waals surface area contributed by atoms with Gasteiger partial charge in [0.1, 0.15) is 11.6 Å². The third-order valence-electron chi connectivity index (χ3n) is 3.62. The molecule has 1 aromatic carbocycles. The van der Waals surface area contributed by atoms with E-state index < -0.39 is 0 Å². The van der Waals surface area contributed by atoms with Gasteiger partial charge in [-0.3, -0.25) is 4.90 Å². The summed E-state index contributed by atoms with van der Waals surface area (Å²) in [6, 6.07) is 4.17. The predicted molar refractivity (Wildman–Crippen MR) is 66.4 cm³/mol. The van der Waals surface area contributed by atoms with Gasteiger partial charge in [-0.2, -0.15) is 0 Å². The molecule has 1 fully saturated rings. The zero-order valence-electron chi connectivity index (χ0n) is 10.3. The number of halogens is 1. The van der Waals surface area contributed by atoms with Crippen molar-refractivity contribution in [3.05, 3.63) is 29.6 Å². The van der Waals surface area contributed by atoms with Gasteiger partial charge in [-0.15, -0.1) is 0 Å². The molecule has 1 aliphatic heterocycles. The van der Waals surface area contributed by atoms with E-state index in [1.54, 1.807) is 0 Å². The smallest absolute Gasteiger partial charge is 0.123 e. The van der Waals surface area contributed by atoms with Crippen molar-refractivity contribution in [3.63, 3.8) is 0 Å². The van der Waals surface area contributed by atoms with Crippen molar-refractivity contribution in [1.82, 2.24) is 4.90 Å². The van der Waals surface area contributed by atoms with Crippen LogP contribution < -0.4 is 0 Å². The van der Waals surface area contributed by atoms with E-state index in [0.717, 1.165) is 19.0 Å². The number of hydrogen-bond acceptors (Lipinski definition) is 2. The van der Waals surface area contributed by atoms with Gasteiger partial charge in [-0.1, -0.05) is 13.3 Å². The van der Waals surface area contributed by atoms with Crippen LogP contribution in [0.2, 0.25) is 0 Å². The summed E-state index contributed by atoms with van der Waals surface area (Å²) in [5.74, 6) is 0.673. The van der Waals surface area contributed by atoms with Crippen LogP contribution in [0, 0.1) is 11.7 Å². The number of piperidine rings is 1. The van der Waals surface area contributed by atoms with E-state index in [9.17, 15) is 9.50 Å². The molecule has 1 saturated heterocycles. The minimum Gasteiger partial charge on any atom is -0.508 e. The normalized spacial score (nSPS) is 21.6. The molecule has 0 radical (unpaired) electrons. The lowest BCUT2D eigenvalue weighted by Crippen LogP contribution is -2.34. The van der Waals surface area contributed by atoms with Crippen molar-refractivity contribution in [3.8, 4) is 5.75 Å². The largest absolute Gasteiger partial charge is 0.508 e. The molecule has 1 unspecified atom stereocenters. The van der Waals surface area contributed by atoms with E-state index in [1.165, 1.54) is 37.5 Å². The molecule has 2 rings (SSSR count). The quantitative estimate of drug-likeness (QED) is 0.873. The molecule has 0 spiro atoms. The first kappa shape index (κ1) is 12.4. The molecule has 1 aliphatic rings. The van der Waals surface area contributed by atoms with Gasteiger partial charge in [0.2, 0.25) is 0 Å². The number of hydrogen-bond donors (Lipinski definition) is 1. The van der Waals surface area contributed by atoms with Crippen molar-refractivity contribution < 1.29 is 9.50 Å². The lowest BCUT2D eigenvalue weighted by Gasteiger charge is -2.32. The molecule has 2 nitrogen and oxygen atoms in total. The van der Waals surface area contributed by atoms with Crippen molar-refractivity contribution in [2.45, 2.75) is 32.7 Å². The fourth-order valence-electron chi connectivity index (χ4n) is 2.55. The van der Waals surface area contributed by atoms with Crippen LogP contribution in [0.15, 0.2) is 18.2 Å². The van der Waals surface area contributed by atoms with Crippen LogP contribution >= 0.6 is 0 Å². The average molecular weight is 237 g/mol. The van der Waals surface area contributed by atoms with Crippen molar-refractivity contribution >= 4 is 0 Å². The maximum absolute atomic E-state index is 13.1. The molecule has 1 atom stereocenters. The Bertz CT molecular complexity index is 380. The Morgan fingerprint density at radius 2 is 2.29 bits per heavy atom. The second kappa shape index (κ2) is 5.50. The van der Waals surface area contributed by atoms with Gasteiger partial charge in [0.25, 0.3) is 0 Å². The Balaban J connectivity index is 2.02. The molecular formula is C14H20FNO. The highest BCUT2D eigenvalue weighted by molar-refractivity contribution is 5.32. The highest BCUT2D eigenvalue weighted by Gasteiger charge is 2.19. The third-order valence-corrected chi connectivity index (χ3v) is 3.62. The lowest BCUT2D eigenvalue weighted by atomic mass is 9.95. The summed E-state index contributed by atoms with van der Waals surface area (Å²) in [5.41, 5.74) is 0.696. The van der Waals surface area contributed by atoms with Gasteiger partial charge in [0.15, 0.2) is 0 Å².